The SMILES string of the molecule is C=C.CC(=O)CC(=O)OCCO. The Morgan fingerprint density at radius 2 is 1.92 bits per heavy atom. The van der Waals surface area contributed by atoms with Gasteiger partial charge in [0.1, 0.15) is 18.8 Å². The van der Waals surface area contributed by atoms with E-state index in [0.29, 0.717) is 0 Å². The van der Waals surface area contributed by atoms with E-state index < -0.39 is 5.97 Å². The molecule has 0 aliphatic carbocycles. The summed E-state index contributed by atoms with van der Waals surface area (Å²) in [5.41, 5.74) is 0. The van der Waals surface area contributed by atoms with Gasteiger partial charge < -0.3 is 9.84 Å². The van der Waals surface area contributed by atoms with Gasteiger partial charge in [0.05, 0.1) is 6.61 Å². The molecule has 12 heavy (non-hydrogen) atoms. The van der Waals surface area contributed by atoms with Crippen molar-refractivity contribution < 1.29 is 19.4 Å². The highest BCUT2D eigenvalue weighted by Gasteiger charge is 2.04. The van der Waals surface area contributed by atoms with Crippen LogP contribution in [0.2, 0.25) is 0 Å². The lowest BCUT2D eigenvalue weighted by Crippen LogP contribution is -2.11. The van der Waals surface area contributed by atoms with Gasteiger partial charge in [-0.15, -0.1) is 13.2 Å². The van der Waals surface area contributed by atoms with Crippen molar-refractivity contribution in [3.63, 3.8) is 0 Å². The number of hydrogen-bond acceptors (Lipinski definition) is 4. The first-order chi connectivity index (χ1) is 5.66. The molecule has 0 aromatic carbocycles. The van der Waals surface area contributed by atoms with E-state index in [9.17, 15) is 9.59 Å². The van der Waals surface area contributed by atoms with Gasteiger partial charge in [0, 0.05) is 0 Å². The maximum absolute atomic E-state index is 10.5. The molecule has 0 heterocycles. The molecule has 0 aliphatic heterocycles. The van der Waals surface area contributed by atoms with Gasteiger partial charge in [-0.25, -0.2) is 0 Å². The Morgan fingerprint density at radius 1 is 1.42 bits per heavy atom. The van der Waals surface area contributed by atoms with Crippen molar-refractivity contribution in [1.82, 2.24) is 0 Å². The summed E-state index contributed by atoms with van der Waals surface area (Å²) in [5.74, 6) is -0.815. The third kappa shape index (κ3) is 11.6. The first-order valence-electron chi connectivity index (χ1n) is 3.42. The van der Waals surface area contributed by atoms with Crippen LogP contribution >= 0.6 is 0 Å². The van der Waals surface area contributed by atoms with Crippen molar-refractivity contribution in [2.75, 3.05) is 13.2 Å². The molecule has 0 aromatic rings. The van der Waals surface area contributed by atoms with E-state index in [0.717, 1.165) is 0 Å². The van der Waals surface area contributed by atoms with Crippen LogP contribution in [0.5, 0.6) is 0 Å². The molecule has 70 valence electrons. The summed E-state index contributed by atoms with van der Waals surface area (Å²) in [6, 6.07) is 0. The Morgan fingerprint density at radius 3 is 2.25 bits per heavy atom. The minimum absolute atomic E-state index is 0.0356. The monoisotopic (exact) mass is 174 g/mol. The number of rotatable bonds is 4. The quantitative estimate of drug-likeness (QED) is 0.378. The van der Waals surface area contributed by atoms with Crippen LogP contribution in [0.3, 0.4) is 0 Å². The Balaban J connectivity index is 0. The molecule has 4 heteroatoms. The van der Waals surface area contributed by atoms with Crippen LogP contribution in [0.1, 0.15) is 13.3 Å². The van der Waals surface area contributed by atoms with E-state index in [1.807, 2.05) is 0 Å². The molecule has 0 saturated heterocycles. The summed E-state index contributed by atoms with van der Waals surface area (Å²) >= 11 is 0. The van der Waals surface area contributed by atoms with Crippen molar-refractivity contribution in [2.45, 2.75) is 13.3 Å². The molecule has 4 nitrogen and oxygen atoms in total. The lowest BCUT2D eigenvalue weighted by atomic mass is 10.3. The number of aliphatic hydroxyl groups excluding tert-OH is 1. The zero-order chi connectivity index (χ0) is 9.98. The van der Waals surface area contributed by atoms with Crippen LogP contribution in [-0.4, -0.2) is 30.1 Å². The Bertz CT molecular complexity index is 142. The number of ketones is 1. The van der Waals surface area contributed by atoms with Crippen molar-refractivity contribution in [3.05, 3.63) is 13.2 Å². The van der Waals surface area contributed by atoms with Crippen LogP contribution in [-0.2, 0) is 14.3 Å². The molecule has 0 aliphatic rings. The average Bonchev–Trinajstić information content (AvgIpc) is 2.03. The van der Waals surface area contributed by atoms with Gasteiger partial charge in [-0.2, -0.15) is 0 Å². The third-order valence-corrected chi connectivity index (χ3v) is 0.748. The lowest BCUT2D eigenvalue weighted by molar-refractivity contribution is -0.146. The predicted octanol–water partition coefficient (Wildman–Crippen LogP) is 0.303. The van der Waals surface area contributed by atoms with E-state index in [-0.39, 0.29) is 25.4 Å². The average molecular weight is 174 g/mol. The molecule has 0 spiro atoms. The minimum atomic E-state index is -0.582. The highest BCUT2D eigenvalue weighted by atomic mass is 16.5. The van der Waals surface area contributed by atoms with Crippen molar-refractivity contribution in [3.8, 4) is 0 Å². The lowest BCUT2D eigenvalue weighted by Gasteiger charge is -1.98. The Kier molecular flexibility index (Phi) is 11.0. The van der Waals surface area contributed by atoms with Crippen LogP contribution in [0.15, 0.2) is 13.2 Å². The van der Waals surface area contributed by atoms with Crippen LogP contribution in [0.4, 0.5) is 0 Å². The zero-order valence-corrected chi connectivity index (χ0v) is 7.21. The highest BCUT2D eigenvalue weighted by molar-refractivity contribution is 5.94. The second kappa shape index (κ2) is 9.84. The number of carbonyl (C=O) groups excluding carboxylic acids is 2. The second-order valence-corrected chi connectivity index (χ2v) is 1.82. The maximum atomic E-state index is 10.5. The Hall–Kier alpha value is -1.16. The summed E-state index contributed by atoms with van der Waals surface area (Å²) in [6.45, 7) is 7.07. The smallest absolute Gasteiger partial charge is 0.313 e. The number of ether oxygens (including phenoxy) is 1. The fourth-order valence-corrected chi connectivity index (χ4v) is 0.414. The van der Waals surface area contributed by atoms with Crippen molar-refractivity contribution in [2.24, 2.45) is 0 Å². The van der Waals surface area contributed by atoms with E-state index in [1.165, 1.54) is 6.92 Å². The molecule has 0 unspecified atom stereocenters. The molecule has 0 fully saturated rings. The van der Waals surface area contributed by atoms with Gasteiger partial charge in [0.25, 0.3) is 0 Å². The summed E-state index contributed by atoms with van der Waals surface area (Å²) in [6.07, 6.45) is -0.208. The van der Waals surface area contributed by atoms with E-state index in [4.69, 9.17) is 5.11 Å². The summed E-state index contributed by atoms with van der Waals surface area (Å²) in [4.78, 5) is 20.7. The third-order valence-electron chi connectivity index (χ3n) is 0.748. The first kappa shape index (κ1) is 13.4. The molecule has 0 bridgehead atoms. The molecule has 1 N–H and O–H groups in total. The Labute approximate surface area is 71.8 Å². The summed E-state index contributed by atoms with van der Waals surface area (Å²) in [5, 5.41) is 8.19. The maximum Gasteiger partial charge on any atom is 0.313 e. The fraction of sp³-hybridized carbons (Fsp3) is 0.500. The zero-order valence-electron chi connectivity index (χ0n) is 7.21. The van der Waals surface area contributed by atoms with Crippen LogP contribution < -0.4 is 0 Å². The van der Waals surface area contributed by atoms with Gasteiger partial charge in [-0.05, 0) is 6.92 Å². The van der Waals surface area contributed by atoms with E-state index in [1.54, 1.807) is 0 Å². The second-order valence-electron chi connectivity index (χ2n) is 1.82. The standard InChI is InChI=1S/C6H10O4.C2H4/c1-5(8)4-6(9)10-3-2-7;1-2/h7H,2-4H2,1H3;1-2H2. The number of esters is 1. The number of carbonyl (C=O) groups is 2. The number of aliphatic hydroxyl groups is 1. The van der Waals surface area contributed by atoms with Gasteiger partial charge in [-0.1, -0.05) is 0 Å². The van der Waals surface area contributed by atoms with E-state index in [2.05, 4.69) is 17.9 Å². The van der Waals surface area contributed by atoms with Gasteiger partial charge in [-0.3, -0.25) is 9.59 Å². The molecule has 0 radical (unpaired) electrons. The molecule has 0 amide bonds. The minimum Gasteiger partial charge on any atom is -0.463 e. The molecule has 0 saturated carbocycles. The molecular weight excluding hydrogens is 160 g/mol. The van der Waals surface area contributed by atoms with Crippen LogP contribution in [0.25, 0.3) is 0 Å². The summed E-state index contributed by atoms with van der Waals surface area (Å²) < 4.78 is 4.39. The summed E-state index contributed by atoms with van der Waals surface area (Å²) in [7, 11) is 0. The first-order valence-corrected chi connectivity index (χ1v) is 3.42. The van der Waals surface area contributed by atoms with Gasteiger partial charge in [0.2, 0.25) is 0 Å². The van der Waals surface area contributed by atoms with Crippen molar-refractivity contribution >= 4 is 11.8 Å². The van der Waals surface area contributed by atoms with Crippen LogP contribution in [0, 0.1) is 0 Å². The largest absolute Gasteiger partial charge is 0.463 e. The highest BCUT2D eigenvalue weighted by Crippen LogP contribution is 1.86. The normalized spacial score (nSPS) is 7.83. The predicted molar refractivity (Wildman–Crippen MR) is 44.6 cm³/mol. The molecular formula is C8H14O4. The molecule has 0 atom stereocenters. The van der Waals surface area contributed by atoms with Gasteiger partial charge in [0.15, 0.2) is 0 Å². The molecule has 0 rings (SSSR count). The number of hydrogen-bond donors (Lipinski definition) is 1. The van der Waals surface area contributed by atoms with Crippen molar-refractivity contribution in [1.29, 1.82) is 0 Å². The van der Waals surface area contributed by atoms with E-state index >= 15 is 0 Å². The number of Topliss-reactive ketones (excluding diaryl/α,β-unsaturated/α-hetero) is 1. The van der Waals surface area contributed by atoms with Gasteiger partial charge >= 0.3 is 5.97 Å². The molecule has 0 aromatic heterocycles. The fourth-order valence-electron chi connectivity index (χ4n) is 0.414. The topological polar surface area (TPSA) is 63.6 Å².